The van der Waals surface area contributed by atoms with Crippen LogP contribution in [0.3, 0.4) is 0 Å². The Morgan fingerprint density at radius 3 is 2.24 bits per heavy atom. The smallest absolute Gasteiger partial charge is 0.444 e. The second kappa shape index (κ2) is 11.6. The van der Waals surface area contributed by atoms with Gasteiger partial charge in [0.25, 0.3) is 0 Å². The monoisotopic (exact) mass is 658 g/mol. The van der Waals surface area contributed by atoms with Gasteiger partial charge in [-0.05, 0) is 149 Å². The van der Waals surface area contributed by atoms with Crippen LogP contribution in [0.5, 0.6) is 0 Å². The summed E-state index contributed by atoms with van der Waals surface area (Å²) in [6.45, 7) is 15.1. The highest BCUT2D eigenvalue weighted by molar-refractivity contribution is 6.62. The average Bonchev–Trinajstić information content (AvgIpc) is 3.88. The Hall–Kier alpha value is -3.42. The number of carbonyl (C=O) groups excluding carboxylic acids is 1. The molecule has 2 aliphatic carbocycles. The van der Waals surface area contributed by atoms with Crippen LogP contribution in [0.2, 0.25) is 0 Å². The molecule has 0 aromatic heterocycles. The van der Waals surface area contributed by atoms with Gasteiger partial charge in [0.05, 0.1) is 22.9 Å². The van der Waals surface area contributed by atoms with Gasteiger partial charge in [0.1, 0.15) is 5.60 Å². The molecular weight excluding hydrogens is 607 g/mol. The first kappa shape index (κ1) is 32.8. The second-order valence-corrected chi connectivity index (χ2v) is 17.2. The van der Waals surface area contributed by atoms with E-state index >= 15 is 0 Å². The van der Waals surface area contributed by atoms with E-state index in [1.165, 1.54) is 70.9 Å². The molecule has 0 N–H and O–H groups in total. The Balaban J connectivity index is 1.05. The van der Waals surface area contributed by atoms with Gasteiger partial charge in [-0.2, -0.15) is 0 Å². The molecule has 3 aliphatic heterocycles. The molecule has 0 unspecified atom stereocenters. The molecule has 7 heteroatoms. The van der Waals surface area contributed by atoms with E-state index in [1.807, 2.05) is 25.7 Å². The molecule has 0 bridgehead atoms. The van der Waals surface area contributed by atoms with Crippen molar-refractivity contribution in [1.29, 1.82) is 0 Å². The number of rotatable bonds is 4. The fraction of sp³-hybridized carbons (Fsp3) is 0.524. The molecule has 1 spiro atoms. The molecule has 1 saturated carbocycles. The number of benzene rings is 3. The molecule has 256 valence electrons. The highest BCUT2D eigenvalue weighted by Gasteiger charge is 2.54. The zero-order valence-corrected chi connectivity index (χ0v) is 30.4. The van der Waals surface area contributed by atoms with Gasteiger partial charge in [-0.1, -0.05) is 55.3 Å². The summed E-state index contributed by atoms with van der Waals surface area (Å²) < 4.78 is 18.9. The minimum Gasteiger partial charge on any atom is -0.444 e. The summed E-state index contributed by atoms with van der Waals surface area (Å²) in [6.07, 6.45) is 9.92. The lowest BCUT2D eigenvalue weighted by Gasteiger charge is -2.32. The summed E-state index contributed by atoms with van der Waals surface area (Å²) in [5.41, 5.74) is 11.7. The van der Waals surface area contributed by atoms with Crippen molar-refractivity contribution >= 4 is 30.1 Å². The van der Waals surface area contributed by atoms with Crippen LogP contribution in [0.4, 0.5) is 10.5 Å². The third-order valence-corrected chi connectivity index (χ3v) is 12.3. The standard InChI is InChI=1S/C42H51BN2O4/c1-39(2,3)47-38(46)45-24-10-11-36(45)35-26-30-25-29(16-19-34(30)44-35)27-12-14-28(15-13-27)31-17-18-33(43-48-40(4,5)41(6,7)49-43)32-20-23-42(37(31)32)21-8-9-22-42/h12-19,25,36H,8-11,20-24,26H2,1-7H3/t36-/m0/s1. The fourth-order valence-electron chi connectivity index (χ4n) is 9.10. The highest BCUT2D eigenvalue weighted by atomic mass is 16.7. The topological polar surface area (TPSA) is 60.4 Å². The predicted molar refractivity (Wildman–Crippen MR) is 198 cm³/mol. The van der Waals surface area contributed by atoms with Gasteiger partial charge in [-0.3, -0.25) is 9.89 Å². The summed E-state index contributed by atoms with van der Waals surface area (Å²) >= 11 is 0. The van der Waals surface area contributed by atoms with Crippen molar-refractivity contribution in [2.75, 3.05) is 6.54 Å². The molecule has 3 fully saturated rings. The van der Waals surface area contributed by atoms with E-state index in [1.54, 1.807) is 5.56 Å². The lowest BCUT2D eigenvalue weighted by atomic mass is 9.70. The molecule has 5 aliphatic rings. The van der Waals surface area contributed by atoms with Crippen LogP contribution in [0.1, 0.15) is 110 Å². The van der Waals surface area contributed by atoms with Crippen LogP contribution in [-0.4, -0.2) is 53.2 Å². The van der Waals surface area contributed by atoms with Gasteiger partial charge in [-0.25, -0.2) is 4.79 Å². The number of likely N-dealkylation sites (tertiary alicyclic amines) is 1. The van der Waals surface area contributed by atoms with E-state index in [4.69, 9.17) is 19.0 Å². The molecule has 8 rings (SSSR count). The second-order valence-electron chi connectivity index (χ2n) is 17.2. The molecule has 1 atom stereocenters. The van der Waals surface area contributed by atoms with E-state index in [0.717, 1.165) is 43.6 Å². The number of ether oxygens (including phenoxy) is 1. The van der Waals surface area contributed by atoms with Crippen LogP contribution in [-0.2, 0) is 32.3 Å². The molecular formula is C42H51BN2O4. The Morgan fingerprint density at radius 2 is 1.55 bits per heavy atom. The van der Waals surface area contributed by atoms with Gasteiger partial charge in [0.15, 0.2) is 0 Å². The lowest BCUT2D eigenvalue weighted by molar-refractivity contribution is 0.00578. The molecule has 0 radical (unpaired) electrons. The Labute approximate surface area is 292 Å². The lowest BCUT2D eigenvalue weighted by Crippen LogP contribution is -2.43. The summed E-state index contributed by atoms with van der Waals surface area (Å²) in [5.74, 6) is 0. The third-order valence-electron chi connectivity index (χ3n) is 12.3. The van der Waals surface area contributed by atoms with Crippen LogP contribution in [0.15, 0.2) is 59.6 Å². The maximum atomic E-state index is 13.0. The number of aliphatic imine (C=N–C) groups is 1. The number of carbonyl (C=O) groups is 1. The SMILES string of the molecule is CC(C)(C)OC(=O)N1CCC[C@H]1C1=Nc2ccc(-c3ccc(-c4ccc(B5OC(C)(C)C(C)(C)O5)c5c4C4(CCCC4)CC5)cc3)cc2C1. The highest BCUT2D eigenvalue weighted by Crippen LogP contribution is 2.53. The van der Waals surface area contributed by atoms with Crippen molar-refractivity contribution in [3.05, 3.63) is 71.3 Å². The summed E-state index contributed by atoms with van der Waals surface area (Å²) in [4.78, 5) is 19.9. The van der Waals surface area contributed by atoms with Crippen molar-refractivity contribution in [1.82, 2.24) is 4.90 Å². The number of hydrogen-bond acceptors (Lipinski definition) is 5. The first-order valence-electron chi connectivity index (χ1n) is 18.6. The summed E-state index contributed by atoms with van der Waals surface area (Å²) in [5, 5.41) is 0. The van der Waals surface area contributed by atoms with Crippen molar-refractivity contribution in [2.24, 2.45) is 4.99 Å². The van der Waals surface area contributed by atoms with Crippen molar-refractivity contribution in [3.63, 3.8) is 0 Å². The first-order valence-corrected chi connectivity index (χ1v) is 18.6. The maximum Gasteiger partial charge on any atom is 0.495 e. The average molecular weight is 659 g/mol. The zero-order valence-electron chi connectivity index (χ0n) is 30.4. The number of fused-ring (bicyclic) bond motifs is 3. The van der Waals surface area contributed by atoms with Gasteiger partial charge in [-0.15, -0.1) is 0 Å². The van der Waals surface area contributed by atoms with E-state index in [0.29, 0.717) is 0 Å². The first-order chi connectivity index (χ1) is 23.2. The van der Waals surface area contributed by atoms with Crippen LogP contribution < -0.4 is 5.46 Å². The molecule has 3 aromatic carbocycles. The van der Waals surface area contributed by atoms with Crippen LogP contribution >= 0.6 is 0 Å². The van der Waals surface area contributed by atoms with E-state index in [-0.39, 0.29) is 35.9 Å². The zero-order chi connectivity index (χ0) is 34.3. The fourth-order valence-corrected chi connectivity index (χ4v) is 9.10. The Bertz CT molecular complexity index is 1810. The van der Waals surface area contributed by atoms with Gasteiger partial charge in [0.2, 0.25) is 0 Å². The Kier molecular flexibility index (Phi) is 7.73. The number of amides is 1. The molecule has 2 saturated heterocycles. The quantitative estimate of drug-likeness (QED) is 0.263. The maximum absolute atomic E-state index is 13.0. The van der Waals surface area contributed by atoms with Crippen LogP contribution in [0.25, 0.3) is 22.3 Å². The Morgan fingerprint density at radius 1 is 0.878 bits per heavy atom. The molecule has 49 heavy (non-hydrogen) atoms. The molecule has 1 amide bonds. The van der Waals surface area contributed by atoms with E-state index in [2.05, 4.69) is 82.3 Å². The molecule has 6 nitrogen and oxygen atoms in total. The van der Waals surface area contributed by atoms with E-state index in [9.17, 15) is 4.79 Å². The van der Waals surface area contributed by atoms with Crippen molar-refractivity contribution in [2.45, 2.75) is 135 Å². The summed E-state index contributed by atoms with van der Waals surface area (Å²) in [7, 11) is -0.329. The van der Waals surface area contributed by atoms with Crippen molar-refractivity contribution < 1.29 is 18.8 Å². The molecule has 3 heterocycles. The van der Waals surface area contributed by atoms with Gasteiger partial charge < -0.3 is 14.0 Å². The van der Waals surface area contributed by atoms with Gasteiger partial charge in [0, 0.05) is 18.7 Å². The molecule has 3 aromatic rings. The largest absolute Gasteiger partial charge is 0.495 e. The van der Waals surface area contributed by atoms with Gasteiger partial charge >= 0.3 is 13.2 Å². The van der Waals surface area contributed by atoms with Crippen LogP contribution in [0, 0.1) is 0 Å². The minimum atomic E-state index is -0.509. The third kappa shape index (κ3) is 5.65. The van der Waals surface area contributed by atoms with E-state index < -0.39 is 5.60 Å². The summed E-state index contributed by atoms with van der Waals surface area (Å²) in [6, 6.07) is 20.4. The number of nitrogens with zero attached hydrogens (tertiary/aromatic N) is 2. The number of hydrogen-bond donors (Lipinski definition) is 0. The van der Waals surface area contributed by atoms with Crippen molar-refractivity contribution in [3.8, 4) is 22.3 Å². The normalized spacial score (nSPS) is 23.2. The minimum absolute atomic E-state index is 0.00559. The predicted octanol–water partition coefficient (Wildman–Crippen LogP) is 9.11.